The molecule has 0 spiro atoms. The van der Waals surface area contributed by atoms with Gasteiger partial charge in [-0.25, -0.2) is 0 Å². The summed E-state index contributed by atoms with van der Waals surface area (Å²) in [7, 11) is 0. The van der Waals surface area contributed by atoms with Gasteiger partial charge in [0.05, 0.1) is 11.2 Å². The van der Waals surface area contributed by atoms with Crippen molar-refractivity contribution in [1.29, 1.82) is 0 Å². The highest BCUT2D eigenvalue weighted by molar-refractivity contribution is 9.09. The van der Waals surface area contributed by atoms with Gasteiger partial charge < -0.3 is 5.32 Å². The molecular weight excluding hydrogens is 358 g/mol. The summed E-state index contributed by atoms with van der Waals surface area (Å²) in [5.74, 6) is -0.103. The SMILES string of the molecule is CCC(CBr)(CBr)NC(=O)c1snnc1C. The van der Waals surface area contributed by atoms with Crippen molar-refractivity contribution in [3.8, 4) is 0 Å². The van der Waals surface area contributed by atoms with Gasteiger partial charge in [0.1, 0.15) is 4.88 Å². The van der Waals surface area contributed by atoms with E-state index in [9.17, 15) is 4.79 Å². The number of aryl methyl sites for hydroxylation is 1. The third-order valence-corrected chi connectivity index (χ3v) is 5.40. The number of alkyl halides is 2. The zero-order valence-corrected chi connectivity index (χ0v) is 13.1. The molecular formula is C9H13Br2N3OS. The van der Waals surface area contributed by atoms with Crippen molar-refractivity contribution >= 4 is 49.3 Å². The molecule has 0 aliphatic carbocycles. The van der Waals surface area contributed by atoms with Crippen LogP contribution >= 0.6 is 43.4 Å². The highest BCUT2D eigenvalue weighted by Gasteiger charge is 2.29. The second kappa shape index (κ2) is 6.07. The molecule has 1 aromatic heterocycles. The molecule has 90 valence electrons. The number of hydrogen-bond acceptors (Lipinski definition) is 4. The van der Waals surface area contributed by atoms with E-state index >= 15 is 0 Å². The Morgan fingerprint density at radius 1 is 1.50 bits per heavy atom. The lowest BCUT2D eigenvalue weighted by Gasteiger charge is -2.29. The van der Waals surface area contributed by atoms with Gasteiger partial charge in [-0.1, -0.05) is 43.3 Å². The molecule has 0 radical (unpaired) electrons. The van der Waals surface area contributed by atoms with E-state index in [1.54, 1.807) is 6.92 Å². The number of hydrogen-bond donors (Lipinski definition) is 1. The van der Waals surface area contributed by atoms with Crippen molar-refractivity contribution < 1.29 is 4.79 Å². The Morgan fingerprint density at radius 2 is 2.12 bits per heavy atom. The predicted molar refractivity (Wildman–Crippen MR) is 72.7 cm³/mol. The lowest BCUT2D eigenvalue weighted by atomic mass is 10.0. The van der Waals surface area contributed by atoms with Crippen LogP contribution in [0.25, 0.3) is 0 Å². The Morgan fingerprint density at radius 3 is 2.50 bits per heavy atom. The molecule has 0 aliphatic rings. The fourth-order valence-electron chi connectivity index (χ4n) is 1.12. The smallest absolute Gasteiger partial charge is 0.265 e. The summed E-state index contributed by atoms with van der Waals surface area (Å²) >= 11 is 7.99. The van der Waals surface area contributed by atoms with Gasteiger partial charge in [-0.05, 0) is 24.9 Å². The summed E-state index contributed by atoms with van der Waals surface area (Å²) in [6.45, 7) is 3.83. The standard InChI is InChI=1S/C9H13Br2N3OS/c1-3-9(4-10,5-11)12-8(15)7-6(2)13-14-16-7/h3-5H2,1-2H3,(H,12,15). The Labute approximate surface area is 116 Å². The molecule has 16 heavy (non-hydrogen) atoms. The predicted octanol–water partition coefficient (Wildman–Crippen LogP) is 2.51. The van der Waals surface area contributed by atoms with Crippen molar-refractivity contribution in [2.24, 2.45) is 0 Å². The number of rotatable bonds is 5. The van der Waals surface area contributed by atoms with Crippen molar-refractivity contribution in [3.05, 3.63) is 10.6 Å². The largest absolute Gasteiger partial charge is 0.344 e. The van der Waals surface area contributed by atoms with Crippen LogP contribution in [0.15, 0.2) is 0 Å². The number of halogens is 2. The first-order valence-corrected chi connectivity index (χ1v) is 7.83. The highest BCUT2D eigenvalue weighted by atomic mass is 79.9. The topological polar surface area (TPSA) is 54.9 Å². The van der Waals surface area contributed by atoms with Crippen LogP contribution in [0.3, 0.4) is 0 Å². The van der Waals surface area contributed by atoms with Gasteiger partial charge in [-0.2, -0.15) is 0 Å². The Kier molecular flexibility index (Phi) is 5.33. The molecule has 0 fully saturated rings. The molecule has 1 aromatic rings. The fraction of sp³-hybridized carbons (Fsp3) is 0.667. The van der Waals surface area contributed by atoms with Gasteiger partial charge in [0.25, 0.3) is 5.91 Å². The highest BCUT2D eigenvalue weighted by Crippen LogP contribution is 2.19. The van der Waals surface area contributed by atoms with Crippen LogP contribution in [0.2, 0.25) is 0 Å². The van der Waals surface area contributed by atoms with Crippen LogP contribution in [0.1, 0.15) is 28.7 Å². The number of carbonyl (C=O) groups is 1. The molecule has 0 saturated carbocycles. The first-order chi connectivity index (χ1) is 7.58. The first kappa shape index (κ1) is 14.1. The summed E-state index contributed by atoms with van der Waals surface area (Å²) in [6.07, 6.45) is 0.848. The van der Waals surface area contributed by atoms with E-state index in [4.69, 9.17) is 0 Å². The molecule has 0 bridgehead atoms. The van der Waals surface area contributed by atoms with E-state index in [2.05, 4.69) is 46.8 Å². The summed E-state index contributed by atoms with van der Waals surface area (Å²) in [6, 6.07) is 0. The Hall–Kier alpha value is -0.0100. The third kappa shape index (κ3) is 3.01. The van der Waals surface area contributed by atoms with Gasteiger partial charge >= 0.3 is 0 Å². The van der Waals surface area contributed by atoms with E-state index in [0.717, 1.165) is 18.0 Å². The van der Waals surface area contributed by atoms with Gasteiger partial charge in [-0.3, -0.25) is 4.79 Å². The lowest BCUT2D eigenvalue weighted by molar-refractivity contribution is 0.0919. The van der Waals surface area contributed by atoms with Gasteiger partial charge in [0.15, 0.2) is 0 Å². The van der Waals surface area contributed by atoms with E-state index < -0.39 is 0 Å². The lowest BCUT2D eigenvalue weighted by Crippen LogP contribution is -2.51. The van der Waals surface area contributed by atoms with Crippen LogP contribution in [-0.2, 0) is 0 Å². The minimum Gasteiger partial charge on any atom is -0.344 e. The van der Waals surface area contributed by atoms with Gasteiger partial charge in [0, 0.05) is 10.7 Å². The van der Waals surface area contributed by atoms with Crippen molar-refractivity contribution in [2.45, 2.75) is 25.8 Å². The number of carbonyl (C=O) groups excluding carboxylic acids is 1. The number of nitrogens with one attached hydrogen (secondary N) is 1. The number of nitrogens with zero attached hydrogens (tertiary/aromatic N) is 2. The second-order valence-corrected chi connectivity index (χ2v) is 5.42. The molecule has 1 heterocycles. The quantitative estimate of drug-likeness (QED) is 0.810. The zero-order valence-electron chi connectivity index (χ0n) is 9.09. The number of amides is 1. The van der Waals surface area contributed by atoms with Crippen LogP contribution in [0, 0.1) is 6.92 Å². The van der Waals surface area contributed by atoms with Crippen LogP contribution in [0.5, 0.6) is 0 Å². The summed E-state index contributed by atoms with van der Waals surface area (Å²) < 4.78 is 3.76. The van der Waals surface area contributed by atoms with Crippen LogP contribution in [-0.4, -0.2) is 31.7 Å². The molecule has 0 aromatic carbocycles. The van der Waals surface area contributed by atoms with E-state index in [1.807, 2.05) is 6.92 Å². The summed E-state index contributed by atoms with van der Waals surface area (Å²) in [4.78, 5) is 12.6. The first-order valence-electron chi connectivity index (χ1n) is 4.82. The van der Waals surface area contributed by atoms with Gasteiger partial charge in [0.2, 0.25) is 0 Å². The van der Waals surface area contributed by atoms with E-state index in [-0.39, 0.29) is 11.4 Å². The maximum absolute atomic E-state index is 12.0. The molecule has 4 nitrogen and oxygen atoms in total. The van der Waals surface area contributed by atoms with Crippen molar-refractivity contribution in [1.82, 2.24) is 14.9 Å². The molecule has 1 N–H and O–H groups in total. The fourth-order valence-corrected chi connectivity index (χ4v) is 3.67. The maximum atomic E-state index is 12.0. The second-order valence-electron chi connectivity index (χ2n) is 3.54. The molecule has 0 saturated heterocycles. The minimum atomic E-state index is -0.256. The molecule has 1 rings (SSSR count). The molecule has 1 amide bonds. The maximum Gasteiger partial charge on any atom is 0.265 e. The van der Waals surface area contributed by atoms with Gasteiger partial charge in [-0.15, -0.1) is 5.10 Å². The zero-order chi connectivity index (χ0) is 12.2. The third-order valence-electron chi connectivity index (χ3n) is 2.42. The Balaban J connectivity index is 2.81. The number of aromatic nitrogens is 2. The summed E-state index contributed by atoms with van der Waals surface area (Å²) in [5, 5.41) is 8.26. The van der Waals surface area contributed by atoms with Crippen LogP contribution < -0.4 is 5.32 Å². The van der Waals surface area contributed by atoms with E-state index in [0.29, 0.717) is 21.2 Å². The average molecular weight is 371 g/mol. The Bertz CT molecular complexity index is 357. The normalized spacial score (nSPS) is 11.5. The summed E-state index contributed by atoms with van der Waals surface area (Å²) in [5.41, 5.74) is 0.421. The monoisotopic (exact) mass is 369 g/mol. The molecule has 0 unspecified atom stereocenters. The molecule has 7 heteroatoms. The molecule has 0 aliphatic heterocycles. The van der Waals surface area contributed by atoms with E-state index in [1.165, 1.54) is 0 Å². The average Bonchev–Trinajstić information content (AvgIpc) is 2.72. The minimum absolute atomic E-state index is 0.103. The van der Waals surface area contributed by atoms with Crippen molar-refractivity contribution in [3.63, 3.8) is 0 Å². The van der Waals surface area contributed by atoms with Crippen LogP contribution in [0.4, 0.5) is 0 Å². The molecule has 0 atom stereocenters. The van der Waals surface area contributed by atoms with Crippen molar-refractivity contribution in [2.75, 3.05) is 10.7 Å².